The Balaban J connectivity index is 1.75. The van der Waals surface area contributed by atoms with Crippen molar-refractivity contribution in [3.63, 3.8) is 0 Å². The van der Waals surface area contributed by atoms with Crippen LogP contribution in [0.15, 0.2) is 54.6 Å². The lowest BCUT2D eigenvalue weighted by molar-refractivity contribution is -0.120. The van der Waals surface area contributed by atoms with Gasteiger partial charge in [-0.3, -0.25) is 14.5 Å². The van der Waals surface area contributed by atoms with Crippen molar-refractivity contribution in [1.29, 1.82) is 0 Å². The summed E-state index contributed by atoms with van der Waals surface area (Å²) < 4.78 is 39.1. The number of rotatable bonds is 8. The third-order valence-corrected chi connectivity index (χ3v) is 5.99. The molecule has 1 N–H and O–H groups in total. The molecule has 0 saturated heterocycles. The fraction of sp³-hybridized carbons (Fsp3) is 0.250. The second-order valence-electron chi connectivity index (χ2n) is 7.77. The molecule has 2 aromatic carbocycles. The molecule has 0 fully saturated rings. The normalized spacial score (nSPS) is 12.4. The summed E-state index contributed by atoms with van der Waals surface area (Å²) in [7, 11) is -3.59. The molecule has 0 spiro atoms. The maximum absolute atomic E-state index is 14.3. The van der Waals surface area contributed by atoms with Crippen molar-refractivity contribution in [1.82, 2.24) is 4.98 Å². The molecule has 8 heteroatoms. The number of halogens is 2. The molecule has 0 saturated carbocycles. The Labute approximate surface area is 192 Å². The first-order valence-electron chi connectivity index (χ1n) is 10.1. The van der Waals surface area contributed by atoms with E-state index in [1.54, 1.807) is 25.1 Å². The van der Waals surface area contributed by atoms with Crippen molar-refractivity contribution >= 4 is 33.1 Å². The van der Waals surface area contributed by atoms with E-state index in [-0.39, 0.29) is 17.9 Å². The maximum Gasteiger partial charge on any atom is 0.229 e. The lowest BCUT2D eigenvalue weighted by atomic mass is 9.92. The summed E-state index contributed by atoms with van der Waals surface area (Å²) in [5.74, 6) is -1.30. The number of anilines is 1. The molecular formula is C24H24ClFN2O3S. The molecule has 3 aromatic rings. The molecule has 0 aliphatic rings. The standard InChI is InChI=1S/C24H24ClFN2O3S/c1-15-4-5-17(24(27-15)18-6-10-20(25)11-7-18)9-13-23(29)16(2)19-8-12-22(21(26)14-19)28-32(3,30)31/h4-8,10-12,14,16,28H,9,13H2,1-3H3. The third-order valence-electron chi connectivity index (χ3n) is 5.15. The molecule has 32 heavy (non-hydrogen) atoms. The van der Waals surface area contributed by atoms with Gasteiger partial charge < -0.3 is 0 Å². The average Bonchev–Trinajstić information content (AvgIpc) is 2.73. The van der Waals surface area contributed by atoms with E-state index in [9.17, 15) is 17.6 Å². The Bertz CT molecular complexity index is 1240. The molecular weight excluding hydrogens is 451 g/mol. The van der Waals surface area contributed by atoms with Crippen LogP contribution < -0.4 is 4.72 Å². The zero-order chi connectivity index (χ0) is 23.5. The lowest BCUT2D eigenvalue weighted by Crippen LogP contribution is -2.13. The number of ketones is 1. The van der Waals surface area contributed by atoms with Gasteiger partial charge in [0, 0.05) is 28.6 Å². The van der Waals surface area contributed by atoms with Crippen LogP contribution in [-0.2, 0) is 21.2 Å². The van der Waals surface area contributed by atoms with E-state index in [1.807, 2.05) is 31.2 Å². The molecule has 1 aromatic heterocycles. The van der Waals surface area contributed by atoms with Gasteiger partial charge in [0.1, 0.15) is 11.6 Å². The van der Waals surface area contributed by atoms with Crippen LogP contribution in [0.1, 0.15) is 36.1 Å². The number of carbonyl (C=O) groups excluding carboxylic acids is 1. The topological polar surface area (TPSA) is 76.1 Å². The van der Waals surface area contributed by atoms with Crippen molar-refractivity contribution in [2.75, 3.05) is 11.0 Å². The van der Waals surface area contributed by atoms with E-state index in [0.717, 1.165) is 28.8 Å². The molecule has 0 bridgehead atoms. The van der Waals surface area contributed by atoms with E-state index in [4.69, 9.17) is 11.6 Å². The largest absolute Gasteiger partial charge is 0.299 e. The van der Waals surface area contributed by atoms with Crippen LogP contribution in [0.3, 0.4) is 0 Å². The SMILES string of the molecule is Cc1ccc(CCC(=O)C(C)c2ccc(NS(C)(=O)=O)c(F)c2)c(-c2ccc(Cl)cc2)n1. The molecule has 3 rings (SSSR count). The van der Waals surface area contributed by atoms with Crippen molar-refractivity contribution in [2.45, 2.75) is 32.6 Å². The van der Waals surface area contributed by atoms with Crippen molar-refractivity contribution < 1.29 is 17.6 Å². The number of hydrogen-bond donors (Lipinski definition) is 1. The van der Waals surface area contributed by atoms with Gasteiger partial charge in [0.15, 0.2) is 0 Å². The number of pyridine rings is 1. The summed E-state index contributed by atoms with van der Waals surface area (Å²) in [5, 5.41) is 0.636. The van der Waals surface area contributed by atoms with Crippen LogP contribution in [-0.4, -0.2) is 25.4 Å². The zero-order valence-electron chi connectivity index (χ0n) is 18.0. The monoisotopic (exact) mass is 474 g/mol. The Kier molecular flexibility index (Phi) is 7.31. The summed E-state index contributed by atoms with van der Waals surface area (Å²) in [6.07, 6.45) is 1.70. The number of nitrogens with zero attached hydrogens (tertiary/aromatic N) is 1. The van der Waals surface area contributed by atoms with Gasteiger partial charge in [0.2, 0.25) is 10.0 Å². The highest BCUT2D eigenvalue weighted by Gasteiger charge is 2.19. The summed E-state index contributed by atoms with van der Waals surface area (Å²) >= 11 is 5.99. The predicted octanol–water partition coefficient (Wildman–Crippen LogP) is 5.53. The fourth-order valence-corrected chi connectivity index (χ4v) is 4.08. The quantitative estimate of drug-likeness (QED) is 0.466. The third kappa shape index (κ3) is 6.14. The molecule has 5 nitrogen and oxygen atoms in total. The van der Waals surface area contributed by atoms with Crippen molar-refractivity contribution in [3.8, 4) is 11.3 Å². The minimum absolute atomic E-state index is 0.0455. The number of Topliss-reactive ketones (excluding diaryl/α,β-unsaturated/α-hetero) is 1. The van der Waals surface area contributed by atoms with E-state index >= 15 is 0 Å². The van der Waals surface area contributed by atoms with Crippen LogP contribution in [0, 0.1) is 12.7 Å². The number of hydrogen-bond acceptors (Lipinski definition) is 4. The second kappa shape index (κ2) is 9.79. The van der Waals surface area contributed by atoms with Gasteiger partial charge in [0.25, 0.3) is 0 Å². The molecule has 0 amide bonds. The molecule has 1 heterocycles. The summed E-state index contributed by atoms with van der Waals surface area (Å²) in [6, 6.07) is 15.4. The van der Waals surface area contributed by atoms with Gasteiger partial charge in [-0.25, -0.2) is 12.8 Å². The van der Waals surface area contributed by atoms with Gasteiger partial charge in [-0.1, -0.05) is 42.8 Å². The summed E-state index contributed by atoms with van der Waals surface area (Å²) in [6.45, 7) is 3.63. The van der Waals surface area contributed by atoms with Crippen molar-refractivity contribution in [3.05, 3.63) is 82.3 Å². The van der Waals surface area contributed by atoms with Gasteiger partial charge in [0.05, 0.1) is 17.6 Å². The minimum Gasteiger partial charge on any atom is -0.299 e. The zero-order valence-corrected chi connectivity index (χ0v) is 19.6. The van der Waals surface area contributed by atoms with Gasteiger partial charge >= 0.3 is 0 Å². The minimum atomic E-state index is -3.59. The summed E-state index contributed by atoms with van der Waals surface area (Å²) in [4.78, 5) is 17.5. The van der Waals surface area contributed by atoms with E-state index in [1.165, 1.54) is 12.1 Å². The Morgan fingerprint density at radius 1 is 1.12 bits per heavy atom. The van der Waals surface area contributed by atoms with Crippen LogP contribution in [0.2, 0.25) is 5.02 Å². The molecule has 1 unspecified atom stereocenters. The molecule has 1 atom stereocenters. The number of nitrogens with one attached hydrogen (secondary N) is 1. The van der Waals surface area contributed by atoms with E-state index in [2.05, 4.69) is 9.71 Å². The molecule has 168 valence electrons. The first kappa shape index (κ1) is 23.9. The van der Waals surface area contributed by atoms with Crippen LogP contribution in [0.4, 0.5) is 10.1 Å². The molecule has 0 radical (unpaired) electrons. The number of sulfonamides is 1. The Morgan fingerprint density at radius 3 is 2.44 bits per heavy atom. The highest BCUT2D eigenvalue weighted by molar-refractivity contribution is 7.92. The van der Waals surface area contributed by atoms with E-state index < -0.39 is 21.8 Å². The highest BCUT2D eigenvalue weighted by Crippen LogP contribution is 2.27. The van der Waals surface area contributed by atoms with Gasteiger partial charge in [-0.05, 0) is 54.8 Å². The lowest BCUT2D eigenvalue weighted by Gasteiger charge is -2.14. The predicted molar refractivity (Wildman–Crippen MR) is 126 cm³/mol. The first-order valence-corrected chi connectivity index (χ1v) is 12.3. The number of aryl methyl sites for hydroxylation is 2. The van der Waals surface area contributed by atoms with Crippen LogP contribution in [0.25, 0.3) is 11.3 Å². The average molecular weight is 475 g/mol. The van der Waals surface area contributed by atoms with Gasteiger partial charge in [-0.2, -0.15) is 0 Å². The van der Waals surface area contributed by atoms with Gasteiger partial charge in [-0.15, -0.1) is 0 Å². The Hall–Kier alpha value is -2.77. The van der Waals surface area contributed by atoms with E-state index in [0.29, 0.717) is 17.0 Å². The number of aromatic nitrogens is 1. The number of carbonyl (C=O) groups is 1. The second-order valence-corrected chi connectivity index (χ2v) is 9.95. The Morgan fingerprint density at radius 2 is 1.81 bits per heavy atom. The molecule has 0 aliphatic carbocycles. The fourth-order valence-electron chi connectivity index (χ4n) is 3.39. The van der Waals surface area contributed by atoms with Crippen molar-refractivity contribution in [2.24, 2.45) is 0 Å². The smallest absolute Gasteiger partial charge is 0.229 e. The highest BCUT2D eigenvalue weighted by atomic mass is 35.5. The maximum atomic E-state index is 14.3. The van der Waals surface area contributed by atoms with Crippen LogP contribution >= 0.6 is 11.6 Å². The summed E-state index contributed by atoms with van der Waals surface area (Å²) in [5.41, 5.74) is 3.89. The molecule has 0 aliphatic heterocycles. The van der Waals surface area contributed by atoms with Crippen LogP contribution in [0.5, 0.6) is 0 Å². The number of benzene rings is 2. The first-order chi connectivity index (χ1) is 15.0.